The lowest BCUT2D eigenvalue weighted by atomic mass is 10.1. The van der Waals surface area contributed by atoms with Gasteiger partial charge in [-0.3, -0.25) is 0 Å². The highest BCUT2D eigenvalue weighted by molar-refractivity contribution is 5.71. The van der Waals surface area contributed by atoms with Gasteiger partial charge in [-0.15, -0.1) is 10.2 Å². The molecule has 0 N–H and O–H groups in total. The van der Waals surface area contributed by atoms with E-state index in [0.717, 1.165) is 16.9 Å². The number of aryl methyl sites for hydroxylation is 1. The number of rotatable bonds is 8. The number of hydrogen-bond acceptors (Lipinski definition) is 7. The summed E-state index contributed by atoms with van der Waals surface area (Å²) in [5.74, 6) is 1.98. The van der Waals surface area contributed by atoms with Crippen LogP contribution in [0.5, 0.6) is 17.2 Å². The molecule has 32 heavy (non-hydrogen) atoms. The normalized spacial score (nSPS) is 11.6. The summed E-state index contributed by atoms with van der Waals surface area (Å²) < 4.78 is 22.2. The Labute approximate surface area is 185 Å². The molecule has 3 aromatic carbocycles. The minimum Gasteiger partial charge on any atom is -0.482 e. The first-order valence-electron chi connectivity index (χ1n) is 10.1. The summed E-state index contributed by atoms with van der Waals surface area (Å²) in [7, 11) is 0. The zero-order chi connectivity index (χ0) is 22.3. The Balaban J connectivity index is 1.27. The Morgan fingerprint density at radius 1 is 0.875 bits per heavy atom. The fourth-order valence-corrected chi connectivity index (χ4v) is 2.86. The largest absolute Gasteiger partial charge is 0.482 e. The van der Waals surface area contributed by atoms with Gasteiger partial charge in [0.05, 0.1) is 0 Å². The quantitative estimate of drug-likeness (QED) is 0.340. The van der Waals surface area contributed by atoms with E-state index in [1.807, 2.05) is 61.5 Å². The summed E-state index contributed by atoms with van der Waals surface area (Å²) in [5, 5.41) is 8.01. The molecular formula is C25H22N2O5. The molecule has 162 valence electrons. The molecule has 0 saturated heterocycles. The molecule has 4 aromatic rings. The maximum Gasteiger partial charge on any atom is 0.344 e. The van der Waals surface area contributed by atoms with Crippen LogP contribution in [0, 0.1) is 6.92 Å². The number of para-hydroxylation sites is 1. The smallest absolute Gasteiger partial charge is 0.344 e. The van der Waals surface area contributed by atoms with Crippen molar-refractivity contribution in [2.45, 2.75) is 20.0 Å². The first kappa shape index (κ1) is 21.1. The molecule has 0 fully saturated rings. The molecule has 7 heteroatoms. The Bertz CT molecular complexity index is 1160. The first-order chi connectivity index (χ1) is 15.6. The van der Waals surface area contributed by atoms with Gasteiger partial charge in [0.15, 0.2) is 12.7 Å². The van der Waals surface area contributed by atoms with E-state index in [9.17, 15) is 4.79 Å². The van der Waals surface area contributed by atoms with Crippen LogP contribution in [0.1, 0.15) is 24.5 Å². The summed E-state index contributed by atoms with van der Waals surface area (Å²) in [6, 6.07) is 24.1. The molecule has 0 bridgehead atoms. The molecule has 4 rings (SSSR count). The van der Waals surface area contributed by atoms with E-state index in [0.29, 0.717) is 17.4 Å². The first-order valence-corrected chi connectivity index (χ1v) is 10.1. The maximum absolute atomic E-state index is 12.2. The van der Waals surface area contributed by atoms with Gasteiger partial charge in [-0.25, -0.2) is 4.79 Å². The summed E-state index contributed by atoms with van der Waals surface area (Å²) in [4.78, 5) is 12.2. The number of carbonyl (C=O) groups is 1. The van der Waals surface area contributed by atoms with Crippen LogP contribution in [-0.4, -0.2) is 22.8 Å². The predicted octanol–water partition coefficient (Wildman–Crippen LogP) is 5.52. The summed E-state index contributed by atoms with van der Waals surface area (Å²) in [6.07, 6.45) is -0.695. The highest BCUT2D eigenvalue weighted by Gasteiger charge is 2.19. The van der Waals surface area contributed by atoms with Crippen molar-refractivity contribution in [2.75, 3.05) is 6.61 Å². The zero-order valence-electron chi connectivity index (χ0n) is 17.7. The van der Waals surface area contributed by atoms with E-state index in [-0.39, 0.29) is 12.5 Å². The second kappa shape index (κ2) is 9.78. The van der Waals surface area contributed by atoms with Gasteiger partial charge in [0.25, 0.3) is 5.89 Å². The highest BCUT2D eigenvalue weighted by atomic mass is 16.6. The number of esters is 1. The number of aromatic nitrogens is 2. The molecule has 0 saturated carbocycles. The van der Waals surface area contributed by atoms with Gasteiger partial charge in [-0.2, -0.15) is 0 Å². The number of ether oxygens (including phenoxy) is 3. The van der Waals surface area contributed by atoms with Crippen molar-refractivity contribution in [1.82, 2.24) is 10.2 Å². The van der Waals surface area contributed by atoms with Gasteiger partial charge in [-0.05, 0) is 62.4 Å². The van der Waals surface area contributed by atoms with Crippen molar-refractivity contribution < 1.29 is 23.4 Å². The molecule has 1 heterocycles. The van der Waals surface area contributed by atoms with E-state index in [4.69, 9.17) is 18.6 Å². The fraction of sp³-hybridized carbons (Fsp3) is 0.160. The van der Waals surface area contributed by atoms with Crippen LogP contribution in [0.2, 0.25) is 0 Å². The molecule has 0 aliphatic carbocycles. The third kappa shape index (κ3) is 5.51. The van der Waals surface area contributed by atoms with E-state index in [1.54, 1.807) is 31.2 Å². The lowest BCUT2D eigenvalue weighted by Crippen LogP contribution is -2.17. The number of carbonyl (C=O) groups excluding carboxylic acids is 1. The van der Waals surface area contributed by atoms with E-state index < -0.39 is 12.1 Å². The van der Waals surface area contributed by atoms with Gasteiger partial charge >= 0.3 is 5.97 Å². The molecule has 0 aliphatic heterocycles. The van der Waals surface area contributed by atoms with Gasteiger partial charge in [0.1, 0.15) is 17.2 Å². The van der Waals surface area contributed by atoms with Crippen LogP contribution < -0.4 is 9.47 Å². The summed E-state index contributed by atoms with van der Waals surface area (Å²) in [5.41, 5.74) is 1.94. The van der Waals surface area contributed by atoms with Gasteiger partial charge in [-0.1, -0.05) is 35.9 Å². The highest BCUT2D eigenvalue weighted by Crippen LogP contribution is 2.25. The van der Waals surface area contributed by atoms with Crippen LogP contribution in [0.3, 0.4) is 0 Å². The second-order valence-electron chi connectivity index (χ2n) is 7.12. The van der Waals surface area contributed by atoms with Crippen molar-refractivity contribution in [3.8, 4) is 28.7 Å². The van der Waals surface area contributed by atoms with Gasteiger partial charge in [0.2, 0.25) is 5.89 Å². The topological polar surface area (TPSA) is 83.7 Å². The second-order valence-corrected chi connectivity index (χ2v) is 7.12. The molecule has 1 unspecified atom stereocenters. The monoisotopic (exact) mass is 430 g/mol. The SMILES string of the molecule is Cc1ccc(-c2nnc(C(C)OC(=O)COc3ccc(Oc4ccccc4)cc3)o2)cc1. The van der Waals surface area contributed by atoms with Gasteiger partial charge in [0, 0.05) is 5.56 Å². The van der Waals surface area contributed by atoms with Crippen molar-refractivity contribution in [3.05, 3.63) is 90.3 Å². The molecule has 0 amide bonds. The molecule has 0 spiro atoms. The molecule has 7 nitrogen and oxygen atoms in total. The fourth-order valence-electron chi connectivity index (χ4n) is 2.86. The Morgan fingerprint density at radius 3 is 2.25 bits per heavy atom. The molecule has 1 atom stereocenters. The van der Waals surface area contributed by atoms with Crippen LogP contribution in [-0.2, 0) is 9.53 Å². The van der Waals surface area contributed by atoms with Crippen LogP contribution in [0.4, 0.5) is 0 Å². The van der Waals surface area contributed by atoms with Crippen molar-refractivity contribution in [1.29, 1.82) is 0 Å². The minimum absolute atomic E-state index is 0.219. The average Bonchev–Trinajstić information content (AvgIpc) is 3.30. The lowest BCUT2D eigenvalue weighted by molar-refractivity contribution is -0.152. The Hall–Kier alpha value is -4.13. The Kier molecular flexibility index (Phi) is 6.46. The van der Waals surface area contributed by atoms with E-state index in [1.165, 1.54) is 0 Å². The standard InChI is InChI=1S/C25H22N2O5/c1-17-8-10-19(11-9-17)25-27-26-24(32-25)18(2)30-23(28)16-29-20-12-14-22(15-13-20)31-21-6-4-3-5-7-21/h3-15,18H,16H2,1-2H3. The number of nitrogens with zero attached hydrogens (tertiary/aromatic N) is 2. The van der Waals surface area contributed by atoms with E-state index in [2.05, 4.69) is 10.2 Å². The summed E-state index contributed by atoms with van der Waals surface area (Å²) >= 11 is 0. The Morgan fingerprint density at radius 2 is 1.53 bits per heavy atom. The summed E-state index contributed by atoms with van der Waals surface area (Å²) in [6.45, 7) is 3.42. The molecule has 0 aliphatic rings. The minimum atomic E-state index is -0.695. The van der Waals surface area contributed by atoms with Crippen molar-refractivity contribution in [3.63, 3.8) is 0 Å². The van der Waals surface area contributed by atoms with Crippen LogP contribution >= 0.6 is 0 Å². The van der Waals surface area contributed by atoms with E-state index >= 15 is 0 Å². The average molecular weight is 430 g/mol. The molecular weight excluding hydrogens is 408 g/mol. The van der Waals surface area contributed by atoms with Crippen LogP contribution in [0.25, 0.3) is 11.5 Å². The maximum atomic E-state index is 12.2. The van der Waals surface area contributed by atoms with Crippen molar-refractivity contribution in [2.24, 2.45) is 0 Å². The van der Waals surface area contributed by atoms with Gasteiger partial charge < -0.3 is 18.6 Å². The third-order valence-corrected chi connectivity index (χ3v) is 4.55. The molecule has 1 aromatic heterocycles. The van der Waals surface area contributed by atoms with Crippen LogP contribution in [0.15, 0.2) is 83.3 Å². The number of hydrogen-bond donors (Lipinski definition) is 0. The third-order valence-electron chi connectivity index (χ3n) is 4.55. The zero-order valence-corrected chi connectivity index (χ0v) is 17.7. The number of benzene rings is 3. The van der Waals surface area contributed by atoms with Crippen molar-refractivity contribution >= 4 is 5.97 Å². The molecule has 0 radical (unpaired) electrons. The predicted molar refractivity (Wildman–Crippen MR) is 117 cm³/mol. The lowest BCUT2D eigenvalue weighted by Gasteiger charge is -2.11.